The number of nitrogens with two attached hydrogens (primary N) is 1. The van der Waals surface area contributed by atoms with Crippen LogP contribution in [-0.2, 0) is 0 Å². The Hall–Kier alpha value is -1.21. The molecule has 0 amide bonds. The molecule has 0 bridgehead atoms. The van der Waals surface area contributed by atoms with E-state index in [9.17, 15) is 0 Å². The number of hydrogen-bond donors (Lipinski definition) is 1. The third-order valence-electron chi connectivity index (χ3n) is 2.66. The molecular weight excluding hydrogens is 206 g/mol. The van der Waals surface area contributed by atoms with Crippen LogP contribution in [0.15, 0.2) is 30.3 Å². The van der Waals surface area contributed by atoms with Gasteiger partial charge in [0.05, 0.1) is 0 Å². The maximum absolute atomic E-state index is 6.15. The normalized spacial score (nSPS) is 11.2. The Bertz CT molecular complexity index is 503. The van der Waals surface area contributed by atoms with Crippen LogP contribution in [0.5, 0.6) is 0 Å². The van der Waals surface area contributed by atoms with Crippen LogP contribution in [0.2, 0.25) is 5.02 Å². The molecule has 0 radical (unpaired) electrons. The van der Waals surface area contributed by atoms with Gasteiger partial charge < -0.3 is 5.73 Å². The minimum absolute atomic E-state index is 0.409. The average molecular weight is 220 g/mol. The number of rotatable bonds is 1. The van der Waals surface area contributed by atoms with Gasteiger partial charge in [-0.05, 0) is 29.0 Å². The first kappa shape index (κ1) is 10.3. The van der Waals surface area contributed by atoms with Crippen molar-refractivity contribution >= 4 is 28.1 Å². The monoisotopic (exact) mass is 219 g/mol. The number of hydrogen-bond acceptors (Lipinski definition) is 1. The zero-order chi connectivity index (χ0) is 11.0. The second kappa shape index (κ2) is 3.74. The zero-order valence-electron chi connectivity index (χ0n) is 8.92. The van der Waals surface area contributed by atoms with Crippen molar-refractivity contribution in [1.29, 1.82) is 0 Å². The predicted molar refractivity (Wildman–Crippen MR) is 67.5 cm³/mol. The lowest BCUT2D eigenvalue weighted by atomic mass is 9.94. The molecule has 0 unspecified atom stereocenters. The molecule has 2 heteroatoms. The molecule has 1 nitrogen and oxygen atoms in total. The molecule has 0 saturated heterocycles. The fraction of sp³-hybridized carbons (Fsp3) is 0.231. The summed E-state index contributed by atoms with van der Waals surface area (Å²) in [5, 5.41) is 3.03. The lowest BCUT2D eigenvalue weighted by Gasteiger charge is -2.13. The molecule has 0 aromatic heterocycles. The van der Waals surface area contributed by atoms with Crippen LogP contribution in [0, 0.1) is 0 Å². The van der Waals surface area contributed by atoms with E-state index in [4.69, 9.17) is 17.3 Å². The molecule has 0 aliphatic heterocycles. The van der Waals surface area contributed by atoms with Crippen LogP contribution >= 0.6 is 11.6 Å². The summed E-state index contributed by atoms with van der Waals surface area (Å²) in [7, 11) is 0. The standard InChI is InChI=1S/C13H14ClN/c1-8(2)13-10-4-3-5-11(14)9(10)6-7-12(13)15/h3-8H,15H2,1-2H3. The van der Waals surface area contributed by atoms with Crippen molar-refractivity contribution in [3.8, 4) is 0 Å². The second-order valence-corrected chi connectivity index (χ2v) is 4.47. The number of benzene rings is 2. The van der Waals surface area contributed by atoms with E-state index < -0.39 is 0 Å². The SMILES string of the molecule is CC(C)c1c(N)ccc2c(Cl)cccc12. The largest absolute Gasteiger partial charge is 0.398 e. The molecular formula is C13H14ClN. The summed E-state index contributed by atoms with van der Waals surface area (Å²) in [5.41, 5.74) is 8.03. The molecule has 0 heterocycles. The van der Waals surface area contributed by atoms with Crippen LogP contribution in [0.3, 0.4) is 0 Å². The zero-order valence-corrected chi connectivity index (χ0v) is 9.68. The van der Waals surface area contributed by atoms with Crippen molar-refractivity contribution < 1.29 is 0 Å². The first-order chi connectivity index (χ1) is 7.11. The second-order valence-electron chi connectivity index (χ2n) is 4.06. The van der Waals surface area contributed by atoms with Gasteiger partial charge in [-0.25, -0.2) is 0 Å². The van der Waals surface area contributed by atoms with Gasteiger partial charge in [0.15, 0.2) is 0 Å². The summed E-state index contributed by atoms with van der Waals surface area (Å²) in [6.45, 7) is 4.29. The number of halogens is 1. The van der Waals surface area contributed by atoms with Crippen LogP contribution in [0.1, 0.15) is 25.3 Å². The third kappa shape index (κ3) is 1.68. The minimum Gasteiger partial charge on any atom is -0.398 e. The number of anilines is 1. The van der Waals surface area contributed by atoms with Gasteiger partial charge in [0.1, 0.15) is 0 Å². The molecule has 2 aromatic rings. The first-order valence-corrected chi connectivity index (χ1v) is 5.45. The van der Waals surface area contributed by atoms with Gasteiger partial charge in [-0.3, -0.25) is 0 Å². The summed E-state index contributed by atoms with van der Waals surface area (Å²) in [4.78, 5) is 0. The van der Waals surface area contributed by atoms with Crippen LogP contribution in [0.4, 0.5) is 5.69 Å². The van der Waals surface area contributed by atoms with E-state index >= 15 is 0 Å². The van der Waals surface area contributed by atoms with Gasteiger partial charge in [-0.15, -0.1) is 0 Å². The topological polar surface area (TPSA) is 26.0 Å². The summed E-state index contributed by atoms with van der Waals surface area (Å²) in [6.07, 6.45) is 0. The predicted octanol–water partition coefficient (Wildman–Crippen LogP) is 4.20. The van der Waals surface area contributed by atoms with Gasteiger partial charge >= 0.3 is 0 Å². The highest BCUT2D eigenvalue weighted by molar-refractivity contribution is 6.35. The summed E-state index contributed by atoms with van der Waals surface area (Å²) in [6, 6.07) is 9.87. The van der Waals surface area contributed by atoms with E-state index in [1.807, 2.05) is 24.3 Å². The molecule has 15 heavy (non-hydrogen) atoms. The maximum atomic E-state index is 6.15. The molecule has 0 fully saturated rings. The third-order valence-corrected chi connectivity index (χ3v) is 2.99. The maximum Gasteiger partial charge on any atom is 0.0484 e. The molecule has 78 valence electrons. The lowest BCUT2D eigenvalue weighted by molar-refractivity contribution is 0.879. The smallest absolute Gasteiger partial charge is 0.0484 e. The van der Waals surface area contributed by atoms with Crippen molar-refractivity contribution in [2.45, 2.75) is 19.8 Å². The molecule has 0 saturated carbocycles. The fourth-order valence-electron chi connectivity index (χ4n) is 2.00. The average Bonchev–Trinajstić information content (AvgIpc) is 2.17. The Morgan fingerprint density at radius 2 is 1.80 bits per heavy atom. The molecule has 0 aliphatic rings. The Balaban J connectivity index is 2.88. The van der Waals surface area contributed by atoms with Crippen molar-refractivity contribution in [1.82, 2.24) is 0 Å². The number of nitrogen functional groups attached to an aromatic ring is 1. The van der Waals surface area contributed by atoms with Crippen LogP contribution in [-0.4, -0.2) is 0 Å². The molecule has 2 aromatic carbocycles. The molecule has 0 spiro atoms. The Kier molecular flexibility index (Phi) is 2.57. The van der Waals surface area contributed by atoms with Crippen LogP contribution in [0.25, 0.3) is 10.8 Å². The van der Waals surface area contributed by atoms with Crippen molar-refractivity contribution in [2.24, 2.45) is 0 Å². The van der Waals surface area contributed by atoms with Gasteiger partial charge in [0.25, 0.3) is 0 Å². The van der Waals surface area contributed by atoms with Crippen LogP contribution < -0.4 is 5.73 Å². The van der Waals surface area contributed by atoms with Crippen molar-refractivity contribution in [3.63, 3.8) is 0 Å². The van der Waals surface area contributed by atoms with E-state index in [0.29, 0.717) is 5.92 Å². The van der Waals surface area contributed by atoms with E-state index in [-0.39, 0.29) is 0 Å². The highest BCUT2D eigenvalue weighted by Crippen LogP contribution is 2.33. The van der Waals surface area contributed by atoms with Crippen molar-refractivity contribution in [3.05, 3.63) is 40.9 Å². The number of fused-ring (bicyclic) bond motifs is 1. The van der Waals surface area contributed by atoms with Gasteiger partial charge in [-0.2, -0.15) is 0 Å². The molecule has 0 atom stereocenters. The minimum atomic E-state index is 0.409. The van der Waals surface area contributed by atoms with E-state index in [2.05, 4.69) is 19.9 Å². The Morgan fingerprint density at radius 3 is 2.47 bits per heavy atom. The van der Waals surface area contributed by atoms with Gasteiger partial charge in [0.2, 0.25) is 0 Å². The molecule has 0 aliphatic carbocycles. The van der Waals surface area contributed by atoms with Crippen molar-refractivity contribution in [2.75, 3.05) is 5.73 Å². The summed E-state index contributed by atoms with van der Waals surface area (Å²) < 4.78 is 0. The summed E-state index contributed by atoms with van der Waals surface area (Å²) >= 11 is 6.15. The first-order valence-electron chi connectivity index (χ1n) is 5.08. The molecule has 2 rings (SSSR count). The highest BCUT2D eigenvalue weighted by atomic mass is 35.5. The van der Waals surface area contributed by atoms with Gasteiger partial charge in [0, 0.05) is 16.1 Å². The fourth-order valence-corrected chi connectivity index (χ4v) is 2.24. The van der Waals surface area contributed by atoms with E-state index in [0.717, 1.165) is 21.5 Å². The highest BCUT2D eigenvalue weighted by Gasteiger charge is 2.10. The summed E-state index contributed by atoms with van der Waals surface area (Å²) in [5.74, 6) is 0.409. The lowest BCUT2D eigenvalue weighted by Crippen LogP contribution is -1.97. The van der Waals surface area contributed by atoms with E-state index in [1.54, 1.807) is 0 Å². The Morgan fingerprint density at radius 1 is 1.07 bits per heavy atom. The quantitative estimate of drug-likeness (QED) is 0.715. The van der Waals surface area contributed by atoms with Gasteiger partial charge in [-0.1, -0.05) is 43.6 Å². The Labute approximate surface area is 94.9 Å². The van der Waals surface area contributed by atoms with E-state index in [1.165, 1.54) is 5.56 Å². The molecule has 2 N–H and O–H groups in total.